The molecule has 2 nitrogen and oxygen atoms in total. The first-order valence-corrected chi connectivity index (χ1v) is 4.96. The van der Waals surface area contributed by atoms with Gasteiger partial charge in [-0.15, -0.1) is 0 Å². The number of hydrogen-bond acceptors (Lipinski definition) is 2. The predicted octanol–water partition coefficient (Wildman–Crippen LogP) is 3.07. The maximum Gasteiger partial charge on any atom is 0.214 e. The van der Waals surface area contributed by atoms with E-state index in [1.807, 2.05) is 0 Å². The Hall–Kier alpha value is -1.12. The molecule has 0 spiro atoms. The first kappa shape index (κ1) is 11.0. The summed E-state index contributed by atoms with van der Waals surface area (Å²) in [6.45, 7) is 6.44. The number of hydrogen-bond donors (Lipinski definition) is 1. The van der Waals surface area contributed by atoms with Crippen LogP contribution in [-0.2, 0) is 0 Å². The zero-order valence-corrected chi connectivity index (χ0v) is 8.92. The molecule has 1 unspecified atom stereocenters. The Balaban J connectivity index is 2.51. The number of pyridine rings is 1. The van der Waals surface area contributed by atoms with Gasteiger partial charge in [0.2, 0.25) is 5.95 Å². The van der Waals surface area contributed by atoms with Crippen molar-refractivity contribution in [3.63, 3.8) is 0 Å². The third-order valence-electron chi connectivity index (χ3n) is 1.96. The van der Waals surface area contributed by atoms with Gasteiger partial charge in [0.25, 0.3) is 0 Å². The maximum absolute atomic E-state index is 12.7. The maximum atomic E-state index is 12.7. The van der Waals surface area contributed by atoms with Crippen LogP contribution in [0.25, 0.3) is 0 Å². The number of rotatable bonds is 4. The minimum atomic E-state index is -0.438. The molecular weight excluding hydrogens is 179 g/mol. The van der Waals surface area contributed by atoms with Crippen molar-refractivity contribution in [3.8, 4) is 0 Å². The van der Waals surface area contributed by atoms with Crippen molar-refractivity contribution in [1.82, 2.24) is 4.98 Å². The Morgan fingerprint density at radius 3 is 2.71 bits per heavy atom. The summed E-state index contributed by atoms with van der Waals surface area (Å²) in [4.78, 5) is 3.50. The molecule has 0 fully saturated rings. The Bertz CT molecular complexity index is 286. The van der Waals surface area contributed by atoms with Crippen molar-refractivity contribution in [2.45, 2.75) is 33.2 Å². The van der Waals surface area contributed by atoms with Crippen LogP contribution in [-0.4, -0.2) is 11.0 Å². The number of nitrogens with zero attached hydrogens (tertiary/aromatic N) is 1. The Labute approximate surface area is 84.6 Å². The van der Waals surface area contributed by atoms with Gasteiger partial charge in [0.15, 0.2) is 0 Å². The average molecular weight is 196 g/mol. The van der Waals surface area contributed by atoms with Crippen LogP contribution in [0.5, 0.6) is 0 Å². The molecular formula is C11H17FN2. The van der Waals surface area contributed by atoms with Gasteiger partial charge in [0.05, 0.1) is 0 Å². The number of halogens is 1. The van der Waals surface area contributed by atoms with Crippen LogP contribution in [0.4, 0.5) is 10.1 Å². The highest BCUT2D eigenvalue weighted by Crippen LogP contribution is 2.12. The van der Waals surface area contributed by atoms with Gasteiger partial charge in [0.1, 0.15) is 0 Å². The van der Waals surface area contributed by atoms with Gasteiger partial charge in [-0.05, 0) is 25.3 Å². The normalized spacial score (nSPS) is 12.9. The van der Waals surface area contributed by atoms with Crippen LogP contribution in [0.15, 0.2) is 18.3 Å². The summed E-state index contributed by atoms with van der Waals surface area (Å²) in [5.74, 6) is 0.205. The molecule has 1 rings (SSSR count). The zero-order valence-electron chi connectivity index (χ0n) is 8.92. The van der Waals surface area contributed by atoms with E-state index in [0.29, 0.717) is 12.0 Å². The minimum Gasteiger partial charge on any atom is -0.382 e. The van der Waals surface area contributed by atoms with E-state index in [1.54, 1.807) is 6.07 Å². The molecule has 0 saturated heterocycles. The van der Waals surface area contributed by atoms with Crippen LogP contribution in [0.2, 0.25) is 0 Å². The summed E-state index contributed by atoms with van der Waals surface area (Å²) in [6, 6.07) is 3.55. The van der Waals surface area contributed by atoms with Gasteiger partial charge in [-0.3, -0.25) is 0 Å². The Morgan fingerprint density at radius 2 is 2.14 bits per heavy atom. The van der Waals surface area contributed by atoms with Gasteiger partial charge in [0, 0.05) is 24.0 Å². The van der Waals surface area contributed by atoms with Crippen LogP contribution in [0.1, 0.15) is 27.2 Å². The smallest absolute Gasteiger partial charge is 0.214 e. The quantitative estimate of drug-likeness (QED) is 0.748. The van der Waals surface area contributed by atoms with Gasteiger partial charge in [-0.1, -0.05) is 13.8 Å². The first-order chi connectivity index (χ1) is 6.58. The van der Waals surface area contributed by atoms with Crippen molar-refractivity contribution < 1.29 is 4.39 Å². The summed E-state index contributed by atoms with van der Waals surface area (Å²) >= 11 is 0. The second-order valence-electron chi connectivity index (χ2n) is 4.04. The van der Waals surface area contributed by atoms with E-state index < -0.39 is 5.95 Å². The third kappa shape index (κ3) is 3.73. The molecule has 0 aliphatic heterocycles. The molecule has 1 atom stereocenters. The molecule has 0 amide bonds. The lowest BCUT2D eigenvalue weighted by Crippen LogP contribution is -2.17. The lowest BCUT2D eigenvalue weighted by atomic mass is 10.1. The van der Waals surface area contributed by atoms with Crippen LogP contribution in [0.3, 0.4) is 0 Å². The largest absolute Gasteiger partial charge is 0.382 e. The fourth-order valence-electron chi connectivity index (χ4n) is 1.54. The third-order valence-corrected chi connectivity index (χ3v) is 1.96. The molecule has 0 radical (unpaired) electrons. The molecule has 78 valence electrons. The van der Waals surface area contributed by atoms with Crippen LogP contribution in [0, 0.1) is 11.9 Å². The Kier molecular flexibility index (Phi) is 3.86. The summed E-state index contributed by atoms with van der Waals surface area (Å²) < 4.78 is 12.7. The van der Waals surface area contributed by atoms with Crippen molar-refractivity contribution in [2.24, 2.45) is 5.92 Å². The molecule has 1 heterocycles. The van der Waals surface area contributed by atoms with Gasteiger partial charge < -0.3 is 5.32 Å². The van der Waals surface area contributed by atoms with Crippen LogP contribution < -0.4 is 5.32 Å². The molecule has 0 aliphatic rings. The first-order valence-electron chi connectivity index (χ1n) is 4.96. The molecule has 0 aromatic carbocycles. The SMILES string of the molecule is CC(C)CC(C)Nc1ccnc(F)c1. The molecule has 0 bridgehead atoms. The van der Waals surface area contributed by atoms with E-state index >= 15 is 0 Å². The molecule has 0 aliphatic carbocycles. The molecule has 3 heteroatoms. The lowest BCUT2D eigenvalue weighted by Gasteiger charge is -2.16. The zero-order chi connectivity index (χ0) is 10.6. The van der Waals surface area contributed by atoms with E-state index in [1.165, 1.54) is 12.3 Å². The van der Waals surface area contributed by atoms with E-state index in [2.05, 4.69) is 31.1 Å². The summed E-state index contributed by atoms with van der Waals surface area (Å²) in [5.41, 5.74) is 0.797. The van der Waals surface area contributed by atoms with E-state index in [9.17, 15) is 4.39 Å². The van der Waals surface area contributed by atoms with E-state index in [4.69, 9.17) is 0 Å². The monoisotopic (exact) mass is 196 g/mol. The summed E-state index contributed by atoms with van der Waals surface area (Å²) in [5, 5.41) is 3.23. The number of aromatic nitrogens is 1. The number of anilines is 1. The fourth-order valence-corrected chi connectivity index (χ4v) is 1.54. The highest BCUT2D eigenvalue weighted by Gasteiger charge is 2.05. The molecule has 1 aromatic heterocycles. The highest BCUT2D eigenvalue weighted by atomic mass is 19.1. The van der Waals surface area contributed by atoms with Crippen molar-refractivity contribution in [3.05, 3.63) is 24.3 Å². The second-order valence-corrected chi connectivity index (χ2v) is 4.04. The van der Waals surface area contributed by atoms with Gasteiger partial charge in [-0.2, -0.15) is 4.39 Å². The topological polar surface area (TPSA) is 24.9 Å². The van der Waals surface area contributed by atoms with E-state index in [0.717, 1.165) is 12.1 Å². The summed E-state index contributed by atoms with van der Waals surface area (Å²) in [7, 11) is 0. The minimum absolute atomic E-state index is 0.358. The van der Waals surface area contributed by atoms with Crippen molar-refractivity contribution in [1.29, 1.82) is 0 Å². The highest BCUT2D eigenvalue weighted by molar-refractivity contribution is 5.41. The Morgan fingerprint density at radius 1 is 1.43 bits per heavy atom. The number of nitrogens with one attached hydrogen (secondary N) is 1. The molecule has 0 saturated carbocycles. The standard InChI is InChI=1S/C11H17FN2/c1-8(2)6-9(3)14-10-4-5-13-11(12)7-10/h4-5,7-9H,6H2,1-3H3,(H,13,14). The van der Waals surface area contributed by atoms with Gasteiger partial charge in [-0.25, -0.2) is 4.98 Å². The fraction of sp³-hybridized carbons (Fsp3) is 0.545. The van der Waals surface area contributed by atoms with Crippen LogP contribution >= 0.6 is 0 Å². The lowest BCUT2D eigenvalue weighted by molar-refractivity contribution is 0.538. The van der Waals surface area contributed by atoms with Crippen molar-refractivity contribution in [2.75, 3.05) is 5.32 Å². The van der Waals surface area contributed by atoms with Gasteiger partial charge >= 0.3 is 0 Å². The molecule has 14 heavy (non-hydrogen) atoms. The molecule has 1 N–H and O–H groups in total. The predicted molar refractivity (Wildman–Crippen MR) is 56.7 cm³/mol. The summed E-state index contributed by atoms with van der Waals surface area (Å²) in [6.07, 6.45) is 2.55. The van der Waals surface area contributed by atoms with Crippen molar-refractivity contribution >= 4 is 5.69 Å². The van der Waals surface area contributed by atoms with E-state index in [-0.39, 0.29) is 0 Å². The second kappa shape index (κ2) is 4.94. The average Bonchev–Trinajstić information content (AvgIpc) is 2.01. The molecule has 1 aromatic rings.